The van der Waals surface area contributed by atoms with Crippen LogP contribution in [0, 0.1) is 6.92 Å². The van der Waals surface area contributed by atoms with Crippen molar-refractivity contribution in [2.75, 3.05) is 0 Å². The van der Waals surface area contributed by atoms with Crippen LogP contribution in [-0.4, -0.2) is 14.5 Å². The molecule has 1 N–H and O–H groups in total. The first-order valence-corrected chi connectivity index (χ1v) is 4.35. The van der Waals surface area contributed by atoms with Gasteiger partial charge in [-0.25, -0.2) is 4.98 Å². The van der Waals surface area contributed by atoms with Gasteiger partial charge in [-0.2, -0.15) is 0 Å². The fourth-order valence-electron chi connectivity index (χ4n) is 1.39. The minimum Gasteiger partial charge on any atom is -0.390 e. The lowest BCUT2D eigenvalue weighted by Crippen LogP contribution is -1.90. The van der Waals surface area contributed by atoms with Crippen molar-refractivity contribution in [2.24, 2.45) is 0 Å². The Balaban J connectivity index is 2.85. The van der Waals surface area contributed by atoms with E-state index < -0.39 is 0 Å². The topological polar surface area (TPSA) is 37.5 Å². The highest BCUT2D eigenvalue weighted by Gasteiger charge is 2.08. The molecule has 0 aliphatic carbocycles. The third-order valence-corrected chi connectivity index (χ3v) is 2.37. The molecule has 0 unspecified atom stereocenters. The Labute approximate surface area is 80.6 Å². The molecule has 0 amide bonds. The van der Waals surface area contributed by atoms with E-state index in [0.717, 1.165) is 11.3 Å². The van der Waals surface area contributed by atoms with Gasteiger partial charge in [0.05, 0.1) is 12.3 Å². The molecule has 0 spiro atoms. The van der Waals surface area contributed by atoms with Crippen molar-refractivity contribution in [2.45, 2.75) is 13.5 Å². The molecule has 3 nitrogen and oxygen atoms in total. The first-order chi connectivity index (χ1) is 6.24. The maximum Gasteiger partial charge on any atom is 0.138 e. The molecule has 2 heterocycles. The second-order valence-electron chi connectivity index (χ2n) is 2.84. The lowest BCUT2D eigenvalue weighted by molar-refractivity contribution is 0.276. The summed E-state index contributed by atoms with van der Waals surface area (Å²) in [6.07, 6.45) is 0. The molecule has 0 fully saturated rings. The molecule has 0 radical (unpaired) electrons. The summed E-state index contributed by atoms with van der Waals surface area (Å²) in [7, 11) is 0. The van der Waals surface area contributed by atoms with E-state index in [2.05, 4.69) is 4.98 Å². The lowest BCUT2D eigenvalue weighted by atomic mass is 10.4. The van der Waals surface area contributed by atoms with Crippen molar-refractivity contribution in [3.05, 3.63) is 34.7 Å². The van der Waals surface area contributed by atoms with Gasteiger partial charge in [-0.3, -0.25) is 4.40 Å². The normalized spacial score (nSPS) is 11.0. The summed E-state index contributed by atoms with van der Waals surface area (Å²) in [5.41, 5.74) is 2.34. The summed E-state index contributed by atoms with van der Waals surface area (Å²) in [6, 6.07) is 5.49. The van der Waals surface area contributed by atoms with Crippen molar-refractivity contribution < 1.29 is 5.11 Å². The van der Waals surface area contributed by atoms with Gasteiger partial charge in [-0.15, -0.1) is 0 Å². The van der Waals surface area contributed by atoms with E-state index in [4.69, 9.17) is 16.7 Å². The van der Waals surface area contributed by atoms with E-state index in [1.165, 1.54) is 0 Å². The first kappa shape index (κ1) is 8.53. The van der Waals surface area contributed by atoms with Crippen LogP contribution in [0.15, 0.2) is 18.2 Å². The Morgan fingerprint density at radius 2 is 2.31 bits per heavy atom. The van der Waals surface area contributed by atoms with E-state index in [1.807, 2.05) is 23.5 Å². The maximum atomic E-state index is 8.99. The number of aliphatic hydroxyl groups is 1. The largest absolute Gasteiger partial charge is 0.390 e. The number of aliphatic hydroxyl groups excluding tert-OH is 1. The molecule has 0 aliphatic heterocycles. The highest BCUT2D eigenvalue weighted by molar-refractivity contribution is 6.29. The number of rotatable bonds is 1. The van der Waals surface area contributed by atoms with Crippen molar-refractivity contribution >= 4 is 17.2 Å². The molecule has 0 aromatic carbocycles. The third-order valence-electron chi connectivity index (χ3n) is 2.07. The Morgan fingerprint density at radius 1 is 1.54 bits per heavy atom. The first-order valence-electron chi connectivity index (χ1n) is 3.97. The van der Waals surface area contributed by atoms with Crippen LogP contribution in [0.1, 0.15) is 11.4 Å². The average Bonchev–Trinajstić information content (AvgIpc) is 2.44. The van der Waals surface area contributed by atoms with Crippen molar-refractivity contribution in [1.29, 1.82) is 0 Å². The van der Waals surface area contributed by atoms with Gasteiger partial charge in [-0.05, 0) is 19.1 Å². The number of imidazole rings is 1. The van der Waals surface area contributed by atoms with Gasteiger partial charge < -0.3 is 5.11 Å². The number of nitrogens with zero attached hydrogens (tertiary/aromatic N) is 2. The molecule has 4 heteroatoms. The standard InChI is InChI=1S/C9H9ClN2O/c1-6-7(5-13)11-9-4-2-3-8(10)12(6)9/h2-4,13H,5H2,1H3. The highest BCUT2D eigenvalue weighted by Crippen LogP contribution is 2.17. The predicted molar refractivity (Wildman–Crippen MR) is 50.9 cm³/mol. The second kappa shape index (κ2) is 3.01. The molecule has 0 aliphatic rings. The second-order valence-corrected chi connectivity index (χ2v) is 3.23. The zero-order valence-electron chi connectivity index (χ0n) is 7.16. The van der Waals surface area contributed by atoms with Crippen molar-refractivity contribution in [1.82, 2.24) is 9.38 Å². The summed E-state index contributed by atoms with van der Waals surface area (Å²) in [5.74, 6) is 0. The van der Waals surface area contributed by atoms with Gasteiger partial charge in [0.2, 0.25) is 0 Å². The number of hydrogen-bond donors (Lipinski definition) is 1. The van der Waals surface area contributed by atoms with Crippen LogP contribution in [0.3, 0.4) is 0 Å². The van der Waals surface area contributed by atoms with Gasteiger partial charge in [0.15, 0.2) is 0 Å². The lowest BCUT2D eigenvalue weighted by Gasteiger charge is -1.98. The van der Waals surface area contributed by atoms with Gasteiger partial charge >= 0.3 is 0 Å². The smallest absolute Gasteiger partial charge is 0.138 e. The SMILES string of the molecule is Cc1c(CO)nc2cccc(Cl)n12. The molecule has 0 atom stereocenters. The van der Waals surface area contributed by atoms with Gasteiger partial charge in [0.1, 0.15) is 10.8 Å². The van der Waals surface area contributed by atoms with Crippen LogP contribution < -0.4 is 0 Å². The summed E-state index contributed by atoms with van der Waals surface area (Å²) in [4.78, 5) is 4.22. The van der Waals surface area contributed by atoms with Crippen LogP contribution in [-0.2, 0) is 6.61 Å². The number of hydrogen-bond acceptors (Lipinski definition) is 2. The van der Waals surface area contributed by atoms with E-state index >= 15 is 0 Å². The van der Waals surface area contributed by atoms with E-state index in [0.29, 0.717) is 10.8 Å². The zero-order chi connectivity index (χ0) is 9.42. The molecular formula is C9H9ClN2O. The Hall–Kier alpha value is -1.06. The van der Waals surface area contributed by atoms with Gasteiger partial charge in [0, 0.05) is 5.69 Å². The number of fused-ring (bicyclic) bond motifs is 1. The Bertz CT molecular complexity index is 450. The van der Waals surface area contributed by atoms with Crippen LogP contribution in [0.4, 0.5) is 0 Å². The summed E-state index contributed by atoms with van der Waals surface area (Å²) < 4.78 is 1.81. The predicted octanol–water partition coefficient (Wildman–Crippen LogP) is 1.79. The average molecular weight is 197 g/mol. The third kappa shape index (κ3) is 1.20. The summed E-state index contributed by atoms with van der Waals surface area (Å²) >= 11 is 5.97. The molecule has 68 valence electrons. The van der Waals surface area contributed by atoms with Crippen LogP contribution >= 0.6 is 11.6 Å². The van der Waals surface area contributed by atoms with E-state index in [1.54, 1.807) is 6.07 Å². The molecule has 2 rings (SSSR count). The Morgan fingerprint density at radius 3 is 2.92 bits per heavy atom. The van der Waals surface area contributed by atoms with Crippen LogP contribution in [0.5, 0.6) is 0 Å². The quantitative estimate of drug-likeness (QED) is 0.707. The minimum absolute atomic E-state index is 0.0517. The summed E-state index contributed by atoms with van der Waals surface area (Å²) in [5, 5.41) is 9.60. The molecule has 0 saturated carbocycles. The number of halogens is 1. The van der Waals surface area contributed by atoms with Crippen LogP contribution in [0.2, 0.25) is 5.15 Å². The minimum atomic E-state index is -0.0517. The van der Waals surface area contributed by atoms with Crippen molar-refractivity contribution in [3.63, 3.8) is 0 Å². The molecule has 13 heavy (non-hydrogen) atoms. The molecule has 2 aromatic rings. The monoisotopic (exact) mass is 196 g/mol. The number of aryl methyl sites for hydroxylation is 1. The van der Waals surface area contributed by atoms with Crippen molar-refractivity contribution in [3.8, 4) is 0 Å². The number of aromatic nitrogens is 2. The maximum absolute atomic E-state index is 8.99. The van der Waals surface area contributed by atoms with E-state index in [9.17, 15) is 0 Å². The molecule has 0 saturated heterocycles. The van der Waals surface area contributed by atoms with E-state index in [-0.39, 0.29) is 6.61 Å². The Kier molecular flexibility index (Phi) is 1.98. The molecular weight excluding hydrogens is 188 g/mol. The van der Waals surface area contributed by atoms with Gasteiger partial charge in [-0.1, -0.05) is 17.7 Å². The fourth-order valence-corrected chi connectivity index (χ4v) is 1.68. The fraction of sp³-hybridized carbons (Fsp3) is 0.222. The van der Waals surface area contributed by atoms with Crippen LogP contribution in [0.25, 0.3) is 5.65 Å². The summed E-state index contributed by atoms with van der Waals surface area (Å²) in [6.45, 7) is 1.83. The molecule has 2 aromatic heterocycles. The number of pyridine rings is 1. The zero-order valence-corrected chi connectivity index (χ0v) is 7.91. The highest BCUT2D eigenvalue weighted by atomic mass is 35.5. The molecule has 0 bridgehead atoms. The van der Waals surface area contributed by atoms with Gasteiger partial charge in [0.25, 0.3) is 0 Å².